The molecule has 2 nitrogen and oxygen atoms in total. The van der Waals surface area contributed by atoms with Gasteiger partial charge in [0.2, 0.25) is 0 Å². The number of nitrogens with zero attached hydrogens (tertiary/aromatic N) is 1. The molecule has 0 unspecified atom stereocenters. The highest BCUT2D eigenvalue weighted by Crippen LogP contribution is 2.65. The standard InChI is InChI=1S/C36H37NO/c1-33(2)24-17-13-12-16-23(24)31-25(33)18-19-28-32(31)38-30-21-27-26(34(3,4)36(7,8)35(27,5)6)20-29(30)37(28)22-14-10-9-11-15-22/h9-21H,1-8H3. The third-order valence-corrected chi connectivity index (χ3v) is 11.0. The van der Waals surface area contributed by atoms with Crippen LogP contribution in [0.3, 0.4) is 0 Å². The van der Waals surface area contributed by atoms with Crippen molar-refractivity contribution in [2.45, 2.75) is 71.6 Å². The Labute approximate surface area is 227 Å². The predicted molar refractivity (Wildman–Crippen MR) is 159 cm³/mol. The highest BCUT2D eigenvalue weighted by Gasteiger charge is 2.57. The molecule has 7 rings (SSSR count). The van der Waals surface area contributed by atoms with Gasteiger partial charge in [-0.05, 0) is 74.4 Å². The number of rotatable bonds is 1. The number of para-hydroxylation sites is 1. The summed E-state index contributed by atoms with van der Waals surface area (Å²) >= 11 is 0. The summed E-state index contributed by atoms with van der Waals surface area (Å²) in [5.74, 6) is 1.91. The van der Waals surface area contributed by atoms with Crippen LogP contribution in [0, 0.1) is 5.41 Å². The van der Waals surface area contributed by atoms with E-state index in [1.807, 2.05) is 0 Å². The van der Waals surface area contributed by atoms with Crippen LogP contribution in [0.2, 0.25) is 0 Å². The summed E-state index contributed by atoms with van der Waals surface area (Å²) in [5, 5.41) is 0. The minimum absolute atomic E-state index is 0.00923. The molecule has 0 amide bonds. The van der Waals surface area contributed by atoms with Crippen LogP contribution in [0.25, 0.3) is 11.1 Å². The average Bonchev–Trinajstić information content (AvgIpc) is 3.18. The van der Waals surface area contributed by atoms with E-state index >= 15 is 0 Å². The number of hydrogen-bond acceptors (Lipinski definition) is 2. The zero-order chi connectivity index (χ0) is 26.8. The average molecular weight is 500 g/mol. The van der Waals surface area contributed by atoms with Gasteiger partial charge in [0.15, 0.2) is 11.5 Å². The van der Waals surface area contributed by atoms with Crippen LogP contribution < -0.4 is 9.64 Å². The topological polar surface area (TPSA) is 12.5 Å². The highest BCUT2D eigenvalue weighted by molar-refractivity contribution is 5.96. The number of benzene rings is 4. The summed E-state index contributed by atoms with van der Waals surface area (Å²) in [6, 6.07) is 28.9. The third-order valence-electron chi connectivity index (χ3n) is 11.0. The molecular weight excluding hydrogens is 462 g/mol. The Kier molecular flexibility index (Phi) is 4.41. The minimum atomic E-state index is -0.0733. The van der Waals surface area contributed by atoms with Crippen LogP contribution in [0.4, 0.5) is 17.1 Å². The molecule has 0 saturated heterocycles. The molecular formula is C36H37NO. The molecule has 192 valence electrons. The van der Waals surface area contributed by atoms with Crippen molar-refractivity contribution in [3.05, 3.63) is 101 Å². The van der Waals surface area contributed by atoms with E-state index < -0.39 is 0 Å². The van der Waals surface area contributed by atoms with Crippen LogP contribution in [0.1, 0.15) is 77.6 Å². The monoisotopic (exact) mass is 499 g/mol. The van der Waals surface area contributed by atoms with Crippen LogP contribution in [-0.2, 0) is 16.2 Å². The Morgan fingerprint density at radius 1 is 0.579 bits per heavy atom. The van der Waals surface area contributed by atoms with Gasteiger partial charge in [0.25, 0.3) is 0 Å². The summed E-state index contributed by atoms with van der Waals surface area (Å²) in [7, 11) is 0. The number of anilines is 3. The van der Waals surface area contributed by atoms with Crippen molar-refractivity contribution in [1.29, 1.82) is 0 Å². The molecule has 0 bridgehead atoms. The minimum Gasteiger partial charge on any atom is -0.452 e. The molecule has 0 fully saturated rings. The summed E-state index contributed by atoms with van der Waals surface area (Å²) < 4.78 is 7.04. The van der Waals surface area contributed by atoms with Crippen molar-refractivity contribution in [2.24, 2.45) is 5.41 Å². The number of ether oxygens (including phenoxy) is 1. The van der Waals surface area contributed by atoms with Gasteiger partial charge in [0.1, 0.15) is 0 Å². The highest BCUT2D eigenvalue weighted by atomic mass is 16.5. The maximum Gasteiger partial charge on any atom is 0.159 e. The predicted octanol–water partition coefficient (Wildman–Crippen LogP) is 10.2. The molecule has 0 N–H and O–H groups in total. The fourth-order valence-electron chi connectivity index (χ4n) is 7.44. The SMILES string of the molecule is CC1(C)c2ccccc2-c2c1ccc1c2Oc2cc3c(cc2N1c1ccccc1)C(C)(C)C(C)(C)C3(C)C. The van der Waals surface area contributed by atoms with E-state index in [0.29, 0.717) is 0 Å². The first-order chi connectivity index (χ1) is 17.9. The molecule has 4 aromatic rings. The first kappa shape index (κ1) is 23.6. The Bertz CT molecular complexity index is 1640. The van der Waals surface area contributed by atoms with Crippen molar-refractivity contribution >= 4 is 17.1 Å². The number of hydrogen-bond donors (Lipinski definition) is 0. The largest absolute Gasteiger partial charge is 0.452 e. The van der Waals surface area contributed by atoms with Crippen molar-refractivity contribution in [1.82, 2.24) is 0 Å². The maximum absolute atomic E-state index is 7.04. The molecule has 0 atom stereocenters. The molecule has 38 heavy (non-hydrogen) atoms. The number of fused-ring (bicyclic) bond motifs is 7. The molecule has 1 heterocycles. The van der Waals surface area contributed by atoms with E-state index in [1.54, 1.807) is 0 Å². The van der Waals surface area contributed by atoms with Gasteiger partial charge in [-0.3, -0.25) is 0 Å². The summed E-state index contributed by atoms with van der Waals surface area (Å²) in [6.07, 6.45) is 0. The molecule has 2 aliphatic carbocycles. The van der Waals surface area contributed by atoms with Crippen LogP contribution in [0.15, 0.2) is 78.9 Å². The van der Waals surface area contributed by atoms with Crippen molar-refractivity contribution < 1.29 is 4.74 Å². The van der Waals surface area contributed by atoms with Crippen LogP contribution in [0.5, 0.6) is 11.5 Å². The lowest BCUT2D eigenvalue weighted by molar-refractivity contribution is 0.125. The van der Waals surface area contributed by atoms with E-state index in [1.165, 1.54) is 33.4 Å². The molecule has 4 aromatic carbocycles. The molecule has 0 saturated carbocycles. The maximum atomic E-state index is 7.04. The second-order valence-electron chi connectivity index (χ2n) is 13.5. The first-order valence-electron chi connectivity index (χ1n) is 13.9. The van der Waals surface area contributed by atoms with Gasteiger partial charge in [0, 0.05) is 16.7 Å². The van der Waals surface area contributed by atoms with Gasteiger partial charge < -0.3 is 9.64 Å². The Morgan fingerprint density at radius 3 is 1.92 bits per heavy atom. The second kappa shape index (κ2) is 7.11. The summed E-state index contributed by atoms with van der Waals surface area (Å²) in [6.45, 7) is 19.1. The van der Waals surface area contributed by atoms with E-state index in [0.717, 1.165) is 28.6 Å². The Balaban J connectivity index is 1.54. The smallest absolute Gasteiger partial charge is 0.159 e. The Morgan fingerprint density at radius 2 is 1.21 bits per heavy atom. The molecule has 1 aliphatic heterocycles. The lowest BCUT2D eigenvalue weighted by Gasteiger charge is -2.44. The molecule has 0 aromatic heterocycles. The first-order valence-corrected chi connectivity index (χ1v) is 13.9. The molecule has 0 radical (unpaired) electrons. The van der Waals surface area contributed by atoms with Crippen LogP contribution >= 0.6 is 0 Å². The lowest BCUT2D eigenvalue weighted by atomic mass is 9.59. The van der Waals surface area contributed by atoms with Gasteiger partial charge in [-0.2, -0.15) is 0 Å². The van der Waals surface area contributed by atoms with Crippen molar-refractivity contribution in [3.8, 4) is 22.6 Å². The quantitative estimate of drug-likeness (QED) is 0.227. The van der Waals surface area contributed by atoms with Gasteiger partial charge in [-0.25, -0.2) is 0 Å². The normalized spacial score (nSPS) is 20.1. The fourth-order valence-corrected chi connectivity index (χ4v) is 7.44. The van der Waals surface area contributed by atoms with Crippen LogP contribution in [-0.4, -0.2) is 0 Å². The lowest BCUT2D eigenvalue weighted by Crippen LogP contribution is -2.42. The van der Waals surface area contributed by atoms with Crippen molar-refractivity contribution in [3.63, 3.8) is 0 Å². The van der Waals surface area contributed by atoms with Gasteiger partial charge in [-0.15, -0.1) is 0 Å². The van der Waals surface area contributed by atoms with E-state index in [-0.39, 0.29) is 21.7 Å². The third kappa shape index (κ3) is 2.64. The van der Waals surface area contributed by atoms with Crippen molar-refractivity contribution in [2.75, 3.05) is 4.90 Å². The summed E-state index contributed by atoms with van der Waals surface area (Å²) in [5.41, 5.74) is 11.4. The van der Waals surface area contributed by atoms with Gasteiger partial charge in [-0.1, -0.05) is 104 Å². The molecule has 0 spiro atoms. The zero-order valence-electron chi connectivity index (χ0n) is 23.9. The van der Waals surface area contributed by atoms with E-state index in [4.69, 9.17) is 4.74 Å². The molecule has 3 aliphatic rings. The molecule has 2 heteroatoms. The van der Waals surface area contributed by atoms with E-state index in [2.05, 4.69) is 139 Å². The van der Waals surface area contributed by atoms with E-state index in [9.17, 15) is 0 Å². The van der Waals surface area contributed by atoms with Gasteiger partial charge in [0.05, 0.1) is 11.4 Å². The second-order valence-corrected chi connectivity index (χ2v) is 13.5. The zero-order valence-corrected chi connectivity index (χ0v) is 23.9. The van der Waals surface area contributed by atoms with Gasteiger partial charge >= 0.3 is 0 Å². The fraction of sp³-hybridized carbons (Fsp3) is 0.333. The summed E-state index contributed by atoms with van der Waals surface area (Å²) in [4.78, 5) is 2.41. The Hall–Kier alpha value is -3.52.